The predicted molar refractivity (Wildman–Crippen MR) is 59.8 cm³/mol. The summed E-state index contributed by atoms with van der Waals surface area (Å²) in [7, 11) is 0. The standard InChI is InChI=1S/C9H17N3OS/c10-8(14)3-1-2-5-12-6-4-7(12)9(11)13/h7H,1-6H2,(H2,10,14)(H2,11,13). The van der Waals surface area contributed by atoms with Gasteiger partial charge in [0.15, 0.2) is 0 Å². The number of rotatable bonds is 6. The lowest BCUT2D eigenvalue weighted by atomic mass is 10.0. The summed E-state index contributed by atoms with van der Waals surface area (Å²) < 4.78 is 0. The minimum absolute atomic E-state index is 0.0279. The quantitative estimate of drug-likeness (QED) is 0.483. The van der Waals surface area contributed by atoms with Crippen molar-refractivity contribution in [2.24, 2.45) is 11.5 Å². The Morgan fingerprint density at radius 1 is 1.43 bits per heavy atom. The molecule has 1 heterocycles. The highest BCUT2D eigenvalue weighted by molar-refractivity contribution is 7.80. The lowest BCUT2D eigenvalue weighted by Crippen LogP contribution is -2.54. The number of nitrogens with two attached hydrogens (primary N) is 2. The number of carbonyl (C=O) groups is 1. The molecule has 0 spiro atoms. The highest BCUT2D eigenvalue weighted by Crippen LogP contribution is 2.17. The summed E-state index contributed by atoms with van der Waals surface area (Å²) in [6.45, 7) is 1.91. The SMILES string of the molecule is NC(=O)C1CCN1CCCCC(N)=S. The Labute approximate surface area is 89.6 Å². The van der Waals surface area contributed by atoms with E-state index < -0.39 is 0 Å². The molecule has 0 aliphatic carbocycles. The maximum atomic E-state index is 10.9. The van der Waals surface area contributed by atoms with Gasteiger partial charge in [0, 0.05) is 6.54 Å². The lowest BCUT2D eigenvalue weighted by Gasteiger charge is -2.38. The van der Waals surface area contributed by atoms with Crippen molar-refractivity contribution in [3.05, 3.63) is 0 Å². The molecule has 80 valence electrons. The topological polar surface area (TPSA) is 72.4 Å². The minimum atomic E-state index is -0.203. The fourth-order valence-electron chi connectivity index (χ4n) is 1.64. The normalized spacial score (nSPS) is 21.6. The van der Waals surface area contributed by atoms with E-state index in [9.17, 15) is 4.79 Å². The molecule has 1 unspecified atom stereocenters. The van der Waals surface area contributed by atoms with E-state index in [0.717, 1.165) is 38.8 Å². The van der Waals surface area contributed by atoms with Crippen LogP contribution in [0.15, 0.2) is 0 Å². The molecule has 5 heteroatoms. The third kappa shape index (κ3) is 3.23. The molecule has 0 aromatic rings. The van der Waals surface area contributed by atoms with Gasteiger partial charge >= 0.3 is 0 Å². The Balaban J connectivity index is 2.07. The number of amides is 1. The fourth-order valence-corrected chi connectivity index (χ4v) is 1.79. The number of hydrogen-bond acceptors (Lipinski definition) is 3. The largest absolute Gasteiger partial charge is 0.393 e. The van der Waals surface area contributed by atoms with Crippen LogP contribution in [-0.4, -0.2) is 34.9 Å². The highest BCUT2D eigenvalue weighted by Gasteiger charge is 2.31. The summed E-state index contributed by atoms with van der Waals surface area (Å²) in [6.07, 6.45) is 3.73. The minimum Gasteiger partial charge on any atom is -0.393 e. The first-order valence-corrected chi connectivity index (χ1v) is 5.33. The number of hydrogen-bond donors (Lipinski definition) is 2. The Morgan fingerprint density at radius 3 is 2.57 bits per heavy atom. The van der Waals surface area contributed by atoms with Gasteiger partial charge in [0.1, 0.15) is 0 Å². The maximum absolute atomic E-state index is 10.9. The van der Waals surface area contributed by atoms with Crippen LogP contribution in [0.3, 0.4) is 0 Å². The van der Waals surface area contributed by atoms with Gasteiger partial charge in [0.2, 0.25) is 5.91 Å². The molecule has 4 nitrogen and oxygen atoms in total. The third-order valence-corrected chi connectivity index (χ3v) is 2.78. The summed E-state index contributed by atoms with van der Waals surface area (Å²) >= 11 is 4.77. The Hall–Kier alpha value is -0.680. The number of likely N-dealkylation sites (tertiary alicyclic amines) is 1. The van der Waals surface area contributed by atoms with Crippen molar-refractivity contribution in [2.75, 3.05) is 13.1 Å². The van der Waals surface area contributed by atoms with Crippen molar-refractivity contribution in [1.82, 2.24) is 4.90 Å². The average Bonchev–Trinajstić information content (AvgIpc) is 1.99. The summed E-state index contributed by atoms with van der Waals surface area (Å²) in [5, 5.41) is 0. The van der Waals surface area contributed by atoms with Gasteiger partial charge in [-0.3, -0.25) is 9.69 Å². The molecule has 14 heavy (non-hydrogen) atoms. The maximum Gasteiger partial charge on any atom is 0.234 e. The van der Waals surface area contributed by atoms with Crippen LogP contribution < -0.4 is 11.5 Å². The molecular formula is C9H17N3OS. The second-order valence-electron chi connectivity index (χ2n) is 3.67. The van der Waals surface area contributed by atoms with Crippen LogP contribution in [0.2, 0.25) is 0 Å². The number of unbranched alkanes of at least 4 members (excludes halogenated alkanes) is 1. The molecule has 1 aliphatic heterocycles. The van der Waals surface area contributed by atoms with Gasteiger partial charge < -0.3 is 11.5 Å². The first-order valence-electron chi connectivity index (χ1n) is 4.93. The molecule has 0 radical (unpaired) electrons. The summed E-state index contributed by atoms with van der Waals surface area (Å²) in [4.78, 5) is 13.6. The molecule has 0 bridgehead atoms. The molecule has 1 aliphatic rings. The van der Waals surface area contributed by atoms with Crippen molar-refractivity contribution in [1.29, 1.82) is 0 Å². The van der Waals surface area contributed by atoms with E-state index in [1.54, 1.807) is 0 Å². The van der Waals surface area contributed by atoms with Crippen LogP contribution in [0, 0.1) is 0 Å². The molecule has 1 saturated heterocycles. The van der Waals surface area contributed by atoms with Crippen LogP contribution >= 0.6 is 12.2 Å². The van der Waals surface area contributed by atoms with Gasteiger partial charge in [-0.15, -0.1) is 0 Å². The zero-order valence-electron chi connectivity index (χ0n) is 8.24. The number of primary amides is 1. The van der Waals surface area contributed by atoms with Crippen LogP contribution in [0.1, 0.15) is 25.7 Å². The first kappa shape index (κ1) is 11.4. The van der Waals surface area contributed by atoms with Gasteiger partial charge in [-0.2, -0.15) is 0 Å². The van der Waals surface area contributed by atoms with Crippen LogP contribution in [0.25, 0.3) is 0 Å². The highest BCUT2D eigenvalue weighted by atomic mass is 32.1. The Bertz CT molecular complexity index is 232. The van der Waals surface area contributed by atoms with E-state index in [-0.39, 0.29) is 11.9 Å². The molecule has 1 rings (SSSR count). The third-order valence-electron chi connectivity index (χ3n) is 2.58. The number of carbonyl (C=O) groups excluding carboxylic acids is 1. The molecule has 1 atom stereocenters. The van der Waals surface area contributed by atoms with Crippen molar-refractivity contribution in [3.63, 3.8) is 0 Å². The molecule has 1 amide bonds. The molecule has 0 saturated carbocycles. The van der Waals surface area contributed by atoms with Crippen molar-refractivity contribution < 1.29 is 4.79 Å². The smallest absolute Gasteiger partial charge is 0.234 e. The van der Waals surface area contributed by atoms with Gasteiger partial charge in [-0.1, -0.05) is 12.2 Å². The lowest BCUT2D eigenvalue weighted by molar-refractivity contribution is -0.127. The average molecular weight is 215 g/mol. The summed E-state index contributed by atoms with van der Waals surface area (Å²) in [5.74, 6) is -0.203. The fraction of sp³-hybridized carbons (Fsp3) is 0.778. The van der Waals surface area contributed by atoms with E-state index in [0.29, 0.717) is 4.99 Å². The van der Waals surface area contributed by atoms with E-state index in [4.69, 9.17) is 23.7 Å². The number of thiocarbonyl (C=S) groups is 1. The molecule has 4 N–H and O–H groups in total. The summed E-state index contributed by atoms with van der Waals surface area (Å²) in [6, 6.07) is -0.0279. The molecule has 0 aromatic heterocycles. The zero-order chi connectivity index (χ0) is 10.6. The second-order valence-corrected chi connectivity index (χ2v) is 4.19. The first-order chi connectivity index (χ1) is 6.61. The predicted octanol–water partition coefficient (Wildman–Crippen LogP) is 0.00240. The van der Waals surface area contributed by atoms with E-state index >= 15 is 0 Å². The number of nitrogens with zero attached hydrogens (tertiary/aromatic N) is 1. The van der Waals surface area contributed by atoms with Crippen LogP contribution in [0.4, 0.5) is 0 Å². The van der Waals surface area contributed by atoms with E-state index in [2.05, 4.69) is 4.90 Å². The van der Waals surface area contributed by atoms with Crippen LogP contribution in [-0.2, 0) is 4.79 Å². The second kappa shape index (κ2) is 5.26. The Kier molecular flexibility index (Phi) is 4.28. The molecule has 0 aromatic carbocycles. The van der Waals surface area contributed by atoms with Gasteiger partial charge in [-0.25, -0.2) is 0 Å². The monoisotopic (exact) mass is 215 g/mol. The van der Waals surface area contributed by atoms with E-state index in [1.165, 1.54) is 0 Å². The van der Waals surface area contributed by atoms with Crippen LogP contribution in [0.5, 0.6) is 0 Å². The van der Waals surface area contributed by atoms with Crippen molar-refractivity contribution in [2.45, 2.75) is 31.7 Å². The molecular weight excluding hydrogens is 198 g/mol. The Morgan fingerprint density at radius 2 is 2.14 bits per heavy atom. The van der Waals surface area contributed by atoms with Gasteiger partial charge in [0.05, 0.1) is 11.0 Å². The van der Waals surface area contributed by atoms with Crippen molar-refractivity contribution in [3.8, 4) is 0 Å². The van der Waals surface area contributed by atoms with E-state index in [1.807, 2.05) is 0 Å². The molecule has 1 fully saturated rings. The van der Waals surface area contributed by atoms with Gasteiger partial charge in [0.25, 0.3) is 0 Å². The zero-order valence-corrected chi connectivity index (χ0v) is 9.05. The summed E-state index contributed by atoms with van der Waals surface area (Å²) in [5.41, 5.74) is 10.6. The van der Waals surface area contributed by atoms with Crippen molar-refractivity contribution >= 4 is 23.1 Å². The van der Waals surface area contributed by atoms with Gasteiger partial charge in [-0.05, 0) is 32.2 Å².